The van der Waals surface area contributed by atoms with Crippen LogP contribution in [0.5, 0.6) is 0 Å². The molecule has 246 valence electrons. The fourth-order valence-electron chi connectivity index (χ4n) is 7.26. The molecular formula is C34H39ClF2N4O5. The van der Waals surface area contributed by atoms with Crippen molar-refractivity contribution in [2.75, 3.05) is 31.5 Å². The zero-order valence-electron chi connectivity index (χ0n) is 25.8. The number of carbonyl (C=O) groups excluding carboxylic acids is 2. The molecule has 2 N–H and O–H groups in total. The highest BCUT2D eigenvalue weighted by Crippen LogP contribution is 2.38. The molecule has 6 rings (SSSR count). The number of ether oxygens (including phenoxy) is 1. The van der Waals surface area contributed by atoms with E-state index in [-0.39, 0.29) is 35.7 Å². The van der Waals surface area contributed by atoms with Gasteiger partial charge in [0.15, 0.2) is 5.78 Å². The Morgan fingerprint density at radius 1 is 1.04 bits per heavy atom. The molecule has 1 aliphatic carbocycles. The number of fused-ring (bicyclic) bond motifs is 1. The van der Waals surface area contributed by atoms with E-state index >= 15 is 4.39 Å². The third-order valence-corrected chi connectivity index (χ3v) is 10.0. The summed E-state index contributed by atoms with van der Waals surface area (Å²) in [4.78, 5) is 42.9. The molecular weight excluding hydrogens is 618 g/mol. The number of ketones is 1. The quantitative estimate of drug-likeness (QED) is 0.285. The molecule has 2 atom stereocenters. The number of likely N-dealkylation sites (tertiary alicyclic amines) is 2. The van der Waals surface area contributed by atoms with Gasteiger partial charge in [-0.05, 0) is 68.7 Å². The van der Waals surface area contributed by atoms with Gasteiger partial charge in [-0.25, -0.2) is 8.78 Å². The topological polar surface area (TPSA) is 104 Å². The lowest BCUT2D eigenvalue weighted by molar-refractivity contribution is -0.252. The number of carboxylic acid groups (broad SMARTS) is 1. The van der Waals surface area contributed by atoms with Crippen molar-refractivity contribution in [1.82, 2.24) is 14.4 Å². The number of rotatable bonds is 10. The molecule has 0 spiro atoms. The van der Waals surface area contributed by atoms with Crippen molar-refractivity contribution in [3.8, 4) is 0 Å². The van der Waals surface area contributed by atoms with Gasteiger partial charge in [0.05, 0.1) is 28.3 Å². The number of hydrogen-bond donors (Lipinski definition) is 2. The van der Waals surface area contributed by atoms with Gasteiger partial charge < -0.3 is 19.7 Å². The second-order valence-electron chi connectivity index (χ2n) is 12.7. The summed E-state index contributed by atoms with van der Waals surface area (Å²) in [6, 6.07) is 9.91. The van der Waals surface area contributed by atoms with Crippen LogP contribution in [0.3, 0.4) is 0 Å². The van der Waals surface area contributed by atoms with Crippen LogP contribution in [-0.4, -0.2) is 81.4 Å². The third-order valence-electron chi connectivity index (χ3n) is 9.69. The van der Waals surface area contributed by atoms with Crippen LogP contribution in [-0.2, 0) is 27.8 Å². The number of hydrogen-bond acceptors (Lipinski definition) is 6. The molecule has 3 aliphatic rings. The average molecular weight is 657 g/mol. The van der Waals surface area contributed by atoms with Crippen molar-refractivity contribution in [3.63, 3.8) is 0 Å². The number of Topliss-reactive ketones (excluding diaryl/α,β-unsaturated/α-hetero) is 1. The average Bonchev–Trinajstić information content (AvgIpc) is 3.80. The number of nitrogens with one attached hydrogen (secondary N) is 1. The van der Waals surface area contributed by atoms with Crippen LogP contribution in [0.1, 0.15) is 60.9 Å². The van der Waals surface area contributed by atoms with E-state index in [1.165, 1.54) is 6.07 Å². The van der Waals surface area contributed by atoms with Crippen LogP contribution in [0.2, 0.25) is 5.02 Å². The lowest BCUT2D eigenvalue weighted by Gasteiger charge is -2.48. The SMILES string of the molecule is Cn1cc(C(=O)Nc2cc(F)c(CC(=O)C(OC3CCC(C(=O)O)CC3)(N3CCCC3)N3CC[C@H](F)C3)cc2Cl)c2ccccc21. The van der Waals surface area contributed by atoms with Crippen molar-refractivity contribution in [3.05, 3.63) is 64.6 Å². The van der Waals surface area contributed by atoms with Crippen LogP contribution >= 0.6 is 11.6 Å². The Hall–Kier alpha value is -3.38. The molecule has 0 bridgehead atoms. The van der Waals surface area contributed by atoms with Crippen LogP contribution < -0.4 is 5.32 Å². The van der Waals surface area contributed by atoms with E-state index in [2.05, 4.69) is 5.32 Å². The Kier molecular flexibility index (Phi) is 9.48. The summed E-state index contributed by atoms with van der Waals surface area (Å²) in [6.45, 7) is 1.43. The van der Waals surface area contributed by atoms with Gasteiger partial charge in [-0.3, -0.25) is 24.2 Å². The van der Waals surface area contributed by atoms with E-state index in [1.807, 2.05) is 40.8 Å². The van der Waals surface area contributed by atoms with E-state index < -0.39 is 47.5 Å². The van der Waals surface area contributed by atoms with Crippen LogP contribution in [0.15, 0.2) is 42.6 Å². The summed E-state index contributed by atoms with van der Waals surface area (Å²) in [7, 11) is 1.83. The Morgan fingerprint density at radius 3 is 2.43 bits per heavy atom. The Morgan fingerprint density at radius 2 is 1.76 bits per heavy atom. The van der Waals surface area contributed by atoms with Gasteiger partial charge in [-0.2, -0.15) is 0 Å². The van der Waals surface area contributed by atoms with Gasteiger partial charge in [-0.1, -0.05) is 29.8 Å². The fourth-order valence-corrected chi connectivity index (χ4v) is 7.49. The van der Waals surface area contributed by atoms with Crippen LogP contribution in [0.4, 0.5) is 14.5 Å². The number of carboxylic acids is 1. The molecule has 3 heterocycles. The van der Waals surface area contributed by atoms with E-state index in [0.717, 1.165) is 29.8 Å². The molecule has 2 aromatic carbocycles. The number of amides is 1. The first-order chi connectivity index (χ1) is 22.1. The fraction of sp³-hybridized carbons (Fsp3) is 0.500. The van der Waals surface area contributed by atoms with Gasteiger partial charge in [0.25, 0.3) is 5.91 Å². The van der Waals surface area contributed by atoms with E-state index in [1.54, 1.807) is 11.1 Å². The second-order valence-corrected chi connectivity index (χ2v) is 13.1. The first kappa shape index (κ1) is 32.6. The van der Waals surface area contributed by atoms with Crippen molar-refractivity contribution < 1.29 is 33.0 Å². The molecule has 12 heteroatoms. The molecule has 2 aliphatic heterocycles. The monoisotopic (exact) mass is 656 g/mol. The lowest BCUT2D eigenvalue weighted by atomic mass is 9.87. The summed E-state index contributed by atoms with van der Waals surface area (Å²) in [5, 5.41) is 13.0. The molecule has 3 fully saturated rings. The maximum Gasteiger partial charge on any atom is 0.306 e. The van der Waals surface area contributed by atoms with E-state index in [4.69, 9.17) is 16.3 Å². The van der Waals surface area contributed by atoms with Crippen molar-refractivity contribution >= 4 is 45.9 Å². The van der Waals surface area contributed by atoms with Crippen molar-refractivity contribution in [2.24, 2.45) is 13.0 Å². The highest BCUT2D eigenvalue weighted by molar-refractivity contribution is 6.34. The molecule has 2 saturated heterocycles. The summed E-state index contributed by atoms with van der Waals surface area (Å²) in [5.74, 6) is -4.51. The smallest absolute Gasteiger partial charge is 0.306 e. The highest BCUT2D eigenvalue weighted by atomic mass is 35.5. The number of aromatic nitrogens is 1. The maximum atomic E-state index is 15.7. The molecule has 46 heavy (non-hydrogen) atoms. The minimum absolute atomic E-state index is 0.00901. The Balaban J connectivity index is 1.27. The number of alkyl halides is 1. The number of anilines is 1. The molecule has 0 radical (unpaired) electrons. The van der Waals surface area contributed by atoms with Gasteiger partial charge in [0, 0.05) is 56.7 Å². The van der Waals surface area contributed by atoms with Crippen LogP contribution in [0, 0.1) is 11.7 Å². The minimum Gasteiger partial charge on any atom is -0.481 e. The first-order valence-corrected chi connectivity index (χ1v) is 16.4. The predicted molar refractivity (Wildman–Crippen MR) is 170 cm³/mol. The standard InChI is InChI=1S/C34H39ClF2N4O5/c1-39-20-26(25-6-2-3-7-30(25)39)32(43)38-29-18-28(37)22(16-27(29)35)17-31(42)34(40-13-4-5-14-40,41-15-12-23(36)19-41)46-24-10-8-21(9-11-24)33(44)45/h2-3,6-7,16,18,20-21,23-24H,4-5,8-15,17,19H2,1H3,(H,38,43)(H,44,45)/t21?,23-,24?,34?/m0/s1. The number of aliphatic carboxylic acids is 1. The maximum absolute atomic E-state index is 15.7. The molecule has 1 saturated carbocycles. The molecule has 3 aromatic rings. The van der Waals surface area contributed by atoms with Gasteiger partial charge >= 0.3 is 5.97 Å². The summed E-state index contributed by atoms with van der Waals surface area (Å²) in [6.07, 6.45) is 3.49. The molecule has 9 nitrogen and oxygen atoms in total. The lowest BCUT2D eigenvalue weighted by Crippen LogP contribution is -2.67. The Bertz CT molecular complexity index is 1630. The Labute approximate surface area is 271 Å². The summed E-state index contributed by atoms with van der Waals surface area (Å²) >= 11 is 6.57. The highest BCUT2D eigenvalue weighted by Gasteiger charge is 2.54. The predicted octanol–water partition coefficient (Wildman–Crippen LogP) is 5.79. The minimum atomic E-state index is -1.61. The van der Waals surface area contributed by atoms with E-state index in [9.17, 15) is 23.9 Å². The van der Waals surface area contributed by atoms with Gasteiger partial charge in [-0.15, -0.1) is 0 Å². The number of carbonyl (C=O) groups is 3. The second kappa shape index (κ2) is 13.4. The zero-order chi connectivity index (χ0) is 32.6. The van der Waals surface area contributed by atoms with Crippen LogP contribution in [0.25, 0.3) is 10.9 Å². The van der Waals surface area contributed by atoms with E-state index in [0.29, 0.717) is 50.9 Å². The number of para-hydroxylation sites is 1. The summed E-state index contributed by atoms with van der Waals surface area (Å²) < 4.78 is 39.0. The van der Waals surface area contributed by atoms with Crippen molar-refractivity contribution in [2.45, 2.75) is 69.5 Å². The molecule has 1 aromatic heterocycles. The van der Waals surface area contributed by atoms with Gasteiger partial charge in [0.2, 0.25) is 5.85 Å². The number of aryl methyl sites for hydroxylation is 1. The zero-order valence-corrected chi connectivity index (χ0v) is 26.6. The van der Waals surface area contributed by atoms with Crippen molar-refractivity contribution in [1.29, 1.82) is 0 Å². The largest absolute Gasteiger partial charge is 0.481 e. The third kappa shape index (κ3) is 6.30. The number of benzene rings is 2. The first-order valence-electron chi connectivity index (χ1n) is 16.0. The molecule has 1 unspecified atom stereocenters. The number of halogens is 3. The van der Waals surface area contributed by atoms with Gasteiger partial charge in [0.1, 0.15) is 12.0 Å². The molecule has 1 amide bonds. The normalized spacial score (nSPS) is 23.9. The summed E-state index contributed by atoms with van der Waals surface area (Å²) in [5.41, 5.74) is 1.39. The number of nitrogens with zero attached hydrogens (tertiary/aromatic N) is 3.